The highest BCUT2D eigenvalue weighted by Crippen LogP contribution is 2.23. The number of aromatic hydroxyl groups is 2. The number of nitrogens with zero attached hydrogens (tertiary/aromatic N) is 2. The predicted octanol–water partition coefficient (Wildman–Crippen LogP) is 0.539. The molecule has 7 heteroatoms. The van der Waals surface area contributed by atoms with Gasteiger partial charge in [0, 0.05) is 11.6 Å². The van der Waals surface area contributed by atoms with E-state index >= 15 is 0 Å². The van der Waals surface area contributed by atoms with Crippen molar-refractivity contribution < 1.29 is 15.0 Å². The lowest BCUT2D eigenvalue weighted by Crippen LogP contribution is -2.26. The second-order valence-electron chi connectivity index (χ2n) is 3.75. The molecule has 1 aromatic rings. The lowest BCUT2D eigenvalue weighted by atomic mass is 10.1. The third-order valence-corrected chi connectivity index (χ3v) is 2.76. The summed E-state index contributed by atoms with van der Waals surface area (Å²) in [5.41, 5.74) is 0.849. The van der Waals surface area contributed by atoms with Crippen LogP contribution in [0.4, 0.5) is 0 Å². The SMILES string of the molecule is C/C(=N\N1C(=O)CNC1=S)c1ccc(O)cc1O. The van der Waals surface area contributed by atoms with E-state index in [0.29, 0.717) is 11.3 Å². The van der Waals surface area contributed by atoms with Gasteiger partial charge in [-0.3, -0.25) is 4.79 Å². The lowest BCUT2D eigenvalue weighted by Gasteiger charge is -2.10. The van der Waals surface area contributed by atoms with Crippen LogP contribution in [0.3, 0.4) is 0 Å². The first-order valence-electron chi connectivity index (χ1n) is 5.17. The fourth-order valence-corrected chi connectivity index (χ4v) is 1.76. The van der Waals surface area contributed by atoms with Crippen molar-refractivity contribution in [2.75, 3.05) is 6.54 Å². The van der Waals surface area contributed by atoms with E-state index in [0.717, 1.165) is 5.01 Å². The van der Waals surface area contributed by atoms with Crippen LogP contribution in [0, 0.1) is 0 Å². The van der Waals surface area contributed by atoms with Gasteiger partial charge in [0.05, 0.1) is 12.3 Å². The van der Waals surface area contributed by atoms with Crippen LogP contribution in [-0.4, -0.2) is 38.5 Å². The molecule has 0 radical (unpaired) electrons. The molecule has 0 saturated carbocycles. The molecule has 1 fully saturated rings. The van der Waals surface area contributed by atoms with Gasteiger partial charge < -0.3 is 15.5 Å². The molecule has 0 bridgehead atoms. The molecule has 1 aliphatic rings. The zero-order valence-electron chi connectivity index (χ0n) is 9.54. The Morgan fingerprint density at radius 1 is 1.50 bits per heavy atom. The molecule has 0 aromatic heterocycles. The van der Waals surface area contributed by atoms with Gasteiger partial charge in [-0.25, -0.2) is 0 Å². The molecule has 0 atom stereocenters. The Bertz CT molecular complexity index is 540. The van der Waals surface area contributed by atoms with Crippen LogP contribution in [-0.2, 0) is 4.79 Å². The number of carbonyl (C=O) groups is 1. The molecule has 0 spiro atoms. The molecule has 6 nitrogen and oxygen atoms in total. The molecule has 3 N–H and O–H groups in total. The number of thiocarbonyl (C=S) groups is 1. The van der Waals surface area contributed by atoms with E-state index < -0.39 is 0 Å². The first kappa shape index (κ1) is 12.3. The van der Waals surface area contributed by atoms with Crippen molar-refractivity contribution in [3.8, 4) is 11.5 Å². The maximum atomic E-state index is 11.5. The molecule has 2 rings (SSSR count). The van der Waals surface area contributed by atoms with Crippen molar-refractivity contribution in [2.45, 2.75) is 6.92 Å². The van der Waals surface area contributed by atoms with Crippen molar-refractivity contribution >= 4 is 28.9 Å². The predicted molar refractivity (Wildman–Crippen MR) is 69.4 cm³/mol. The summed E-state index contributed by atoms with van der Waals surface area (Å²) in [4.78, 5) is 11.5. The Balaban J connectivity index is 2.33. The zero-order valence-corrected chi connectivity index (χ0v) is 10.4. The molecule has 1 heterocycles. The third-order valence-electron chi connectivity index (χ3n) is 2.44. The average molecular weight is 265 g/mol. The van der Waals surface area contributed by atoms with E-state index in [2.05, 4.69) is 10.4 Å². The number of phenolic OH excluding ortho intramolecular Hbond substituents is 2. The van der Waals surface area contributed by atoms with Crippen LogP contribution in [0.15, 0.2) is 23.3 Å². The van der Waals surface area contributed by atoms with Crippen molar-refractivity contribution in [1.82, 2.24) is 10.3 Å². The van der Waals surface area contributed by atoms with E-state index in [1.807, 2.05) is 0 Å². The zero-order chi connectivity index (χ0) is 13.3. The summed E-state index contributed by atoms with van der Waals surface area (Å²) < 4.78 is 0. The first-order valence-corrected chi connectivity index (χ1v) is 5.58. The lowest BCUT2D eigenvalue weighted by molar-refractivity contribution is -0.124. The minimum atomic E-state index is -0.252. The van der Waals surface area contributed by atoms with Gasteiger partial charge in [-0.2, -0.15) is 10.1 Å². The second-order valence-corrected chi connectivity index (χ2v) is 4.14. The van der Waals surface area contributed by atoms with Gasteiger partial charge in [0.15, 0.2) is 5.11 Å². The van der Waals surface area contributed by atoms with Gasteiger partial charge in [0.1, 0.15) is 11.5 Å². The molecule has 0 aliphatic carbocycles. The monoisotopic (exact) mass is 265 g/mol. The summed E-state index contributed by atoms with van der Waals surface area (Å²) in [6, 6.07) is 4.15. The summed E-state index contributed by atoms with van der Waals surface area (Å²) in [5.74, 6) is -0.405. The second kappa shape index (κ2) is 4.61. The van der Waals surface area contributed by atoms with E-state index in [1.165, 1.54) is 18.2 Å². The van der Waals surface area contributed by atoms with Crippen molar-refractivity contribution in [1.29, 1.82) is 0 Å². The third kappa shape index (κ3) is 2.25. The number of hydrazone groups is 1. The molecule has 18 heavy (non-hydrogen) atoms. The molecule has 94 valence electrons. The number of hydrogen-bond donors (Lipinski definition) is 3. The van der Waals surface area contributed by atoms with Crippen LogP contribution in [0.25, 0.3) is 0 Å². The minimum Gasteiger partial charge on any atom is -0.508 e. The Morgan fingerprint density at radius 3 is 2.78 bits per heavy atom. The Labute approximate surface area is 109 Å². The van der Waals surface area contributed by atoms with E-state index in [-0.39, 0.29) is 29.1 Å². The van der Waals surface area contributed by atoms with Gasteiger partial charge in [-0.15, -0.1) is 0 Å². The van der Waals surface area contributed by atoms with Crippen LogP contribution in [0.1, 0.15) is 12.5 Å². The highest BCUT2D eigenvalue weighted by molar-refractivity contribution is 7.80. The van der Waals surface area contributed by atoms with Gasteiger partial charge in [0.25, 0.3) is 5.91 Å². The van der Waals surface area contributed by atoms with Crippen LogP contribution in [0.2, 0.25) is 0 Å². The van der Waals surface area contributed by atoms with E-state index in [1.54, 1.807) is 6.92 Å². The largest absolute Gasteiger partial charge is 0.508 e. The number of hydrogen-bond acceptors (Lipinski definition) is 5. The average Bonchev–Trinajstić information content (AvgIpc) is 2.60. The van der Waals surface area contributed by atoms with Gasteiger partial charge in [-0.05, 0) is 31.3 Å². The molecule has 1 aliphatic heterocycles. The van der Waals surface area contributed by atoms with Gasteiger partial charge in [0.2, 0.25) is 0 Å². The number of amides is 1. The van der Waals surface area contributed by atoms with E-state index in [9.17, 15) is 15.0 Å². The highest BCUT2D eigenvalue weighted by Gasteiger charge is 2.25. The Hall–Kier alpha value is -2.15. The standard InChI is InChI=1S/C11H11N3O3S/c1-6(8-3-2-7(15)4-9(8)16)13-14-10(17)5-12-11(14)18/h2-4,15-16H,5H2,1H3,(H,12,18)/b13-6+. The number of rotatable bonds is 2. The molecule has 0 unspecified atom stereocenters. The number of benzene rings is 1. The molecular formula is C11H11N3O3S. The summed E-state index contributed by atoms with van der Waals surface area (Å²) >= 11 is 4.92. The van der Waals surface area contributed by atoms with Crippen LogP contribution >= 0.6 is 12.2 Å². The summed E-state index contributed by atoms with van der Waals surface area (Å²) in [5, 5.41) is 26.9. The van der Waals surface area contributed by atoms with E-state index in [4.69, 9.17) is 12.2 Å². The van der Waals surface area contributed by atoms with Crippen molar-refractivity contribution in [2.24, 2.45) is 5.10 Å². The van der Waals surface area contributed by atoms with Gasteiger partial charge >= 0.3 is 0 Å². The Kier molecular flexibility index (Phi) is 3.15. The Morgan fingerprint density at radius 2 is 2.22 bits per heavy atom. The van der Waals surface area contributed by atoms with Crippen LogP contribution < -0.4 is 5.32 Å². The molecular weight excluding hydrogens is 254 g/mol. The topological polar surface area (TPSA) is 85.2 Å². The normalized spacial score (nSPS) is 16.1. The van der Waals surface area contributed by atoms with Crippen LogP contribution in [0.5, 0.6) is 11.5 Å². The first-order chi connectivity index (χ1) is 8.49. The minimum absolute atomic E-state index is 0.0431. The van der Waals surface area contributed by atoms with Crippen molar-refractivity contribution in [3.63, 3.8) is 0 Å². The number of nitrogens with one attached hydrogen (secondary N) is 1. The maximum absolute atomic E-state index is 11.5. The number of carbonyl (C=O) groups excluding carboxylic acids is 1. The molecule has 1 amide bonds. The summed E-state index contributed by atoms with van der Waals surface area (Å²) in [7, 11) is 0. The molecule has 1 aromatic carbocycles. The van der Waals surface area contributed by atoms with Crippen molar-refractivity contribution in [3.05, 3.63) is 23.8 Å². The quantitative estimate of drug-likeness (QED) is 0.537. The summed E-state index contributed by atoms with van der Waals surface area (Å²) in [6.07, 6.45) is 0. The maximum Gasteiger partial charge on any atom is 0.268 e. The smallest absolute Gasteiger partial charge is 0.268 e. The number of phenols is 2. The highest BCUT2D eigenvalue weighted by atomic mass is 32.1. The van der Waals surface area contributed by atoms with Gasteiger partial charge in [-0.1, -0.05) is 0 Å². The fraction of sp³-hybridized carbons (Fsp3) is 0.182. The molecule has 1 saturated heterocycles. The summed E-state index contributed by atoms with van der Waals surface area (Å²) in [6.45, 7) is 1.76. The fourth-order valence-electron chi connectivity index (χ4n) is 1.55.